The molecule has 2 aromatic carbocycles. The molecule has 8 nitrogen and oxygen atoms in total. The van der Waals surface area contributed by atoms with Crippen LogP contribution < -0.4 is 19.5 Å². The molecule has 1 saturated heterocycles. The van der Waals surface area contributed by atoms with Gasteiger partial charge in [-0.05, 0) is 49.7 Å². The number of hydrogen-bond donors (Lipinski definition) is 1. The Bertz CT molecular complexity index is 1210. The van der Waals surface area contributed by atoms with Crippen molar-refractivity contribution in [2.24, 2.45) is 0 Å². The lowest BCUT2D eigenvalue weighted by Gasteiger charge is -2.36. The number of carbonyl (C=O) groups excluding carboxylic acids is 1. The zero-order chi connectivity index (χ0) is 26.9. The maximum absolute atomic E-state index is 12.7. The predicted molar refractivity (Wildman–Crippen MR) is 150 cm³/mol. The average molecular weight is 519 g/mol. The van der Waals surface area contributed by atoms with Gasteiger partial charge in [-0.1, -0.05) is 24.3 Å². The minimum atomic E-state index is 0.000326. The molecular formula is C30H38N4O4. The monoisotopic (exact) mass is 518 g/mol. The first-order chi connectivity index (χ1) is 18.4. The molecule has 0 radical (unpaired) electrons. The van der Waals surface area contributed by atoms with Crippen LogP contribution in [0.1, 0.15) is 19.4 Å². The molecule has 2 heterocycles. The highest BCUT2D eigenvalue weighted by atomic mass is 16.5. The van der Waals surface area contributed by atoms with Crippen molar-refractivity contribution in [3.8, 4) is 28.6 Å². The van der Waals surface area contributed by atoms with Crippen molar-refractivity contribution in [2.75, 3.05) is 58.9 Å². The second-order valence-corrected chi connectivity index (χ2v) is 9.68. The fourth-order valence-electron chi connectivity index (χ4n) is 4.56. The Morgan fingerprint density at radius 2 is 1.71 bits per heavy atom. The molecule has 0 spiro atoms. The molecule has 38 heavy (non-hydrogen) atoms. The van der Waals surface area contributed by atoms with Gasteiger partial charge in [0.1, 0.15) is 0 Å². The average Bonchev–Trinajstić information content (AvgIpc) is 2.93. The Kier molecular flexibility index (Phi) is 9.56. The van der Waals surface area contributed by atoms with E-state index >= 15 is 0 Å². The summed E-state index contributed by atoms with van der Waals surface area (Å²) in [5.74, 6) is 1.96. The Morgan fingerprint density at radius 1 is 0.947 bits per heavy atom. The molecule has 0 bridgehead atoms. The lowest BCUT2D eigenvalue weighted by molar-refractivity contribution is -0.117. The topological polar surface area (TPSA) is 76.2 Å². The number of anilines is 1. The SMILES string of the molecule is COc1ccc(CCOc2cccc(-c3cccc(NC(=O)CN4CCN(C(C)C)CC4)c3)n2)cc1OC. The van der Waals surface area contributed by atoms with Gasteiger partial charge >= 0.3 is 0 Å². The number of amides is 1. The fraction of sp³-hybridized carbons (Fsp3) is 0.400. The van der Waals surface area contributed by atoms with Crippen LogP contribution in [-0.2, 0) is 11.2 Å². The summed E-state index contributed by atoms with van der Waals surface area (Å²) in [5, 5.41) is 3.05. The van der Waals surface area contributed by atoms with Crippen LogP contribution in [0.4, 0.5) is 5.69 Å². The first kappa shape index (κ1) is 27.4. The van der Waals surface area contributed by atoms with E-state index in [1.807, 2.05) is 60.7 Å². The standard InChI is InChI=1S/C30H38N4O4/c1-22(2)34-16-14-33(15-17-34)21-29(35)31-25-8-5-7-24(20-25)26-9-6-10-30(32-26)38-18-13-23-11-12-27(36-3)28(19-23)37-4/h5-12,19-20,22H,13-18,21H2,1-4H3,(H,31,35). The first-order valence-electron chi connectivity index (χ1n) is 13.1. The normalized spacial score (nSPS) is 14.3. The molecule has 202 valence electrons. The highest BCUT2D eigenvalue weighted by Crippen LogP contribution is 2.28. The number of piperazine rings is 1. The number of methoxy groups -OCH3 is 2. The van der Waals surface area contributed by atoms with E-state index in [2.05, 4.69) is 33.9 Å². The second kappa shape index (κ2) is 13.3. The van der Waals surface area contributed by atoms with Gasteiger partial charge < -0.3 is 19.5 Å². The molecule has 8 heteroatoms. The molecule has 0 unspecified atom stereocenters. The van der Waals surface area contributed by atoms with Crippen molar-refractivity contribution in [1.29, 1.82) is 0 Å². The van der Waals surface area contributed by atoms with E-state index in [9.17, 15) is 4.79 Å². The van der Waals surface area contributed by atoms with Crippen LogP contribution in [0.15, 0.2) is 60.7 Å². The van der Waals surface area contributed by atoms with E-state index in [0.717, 1.165) is 48.7 Å². The molecule has 4 rings (SSSR count). The lowest BCUT2D eigenvalue weighted by atomic mass is 10.1. The molecule has 0 aliphatic carbocycles. The lowest BCUT2D eigenvalue weighted by Crippen LogP contribution is -2.50. The maximum Gasteiger partial charge on any atom is 0.238 e. The molecule has 1 aromatic heterocycles. The van der Waals surface area contributed by atoms with E-state index in [4.69, 9.17) is 14.2 Å². The zero-order valence-corrected chi connectivity index (χ0v) is 22.8. The Hall–Kier alpha value is -3.62. The van der Waals surface area contributed by atoms with Crippen LogP contribution in [0.3, 0.4) is 0 Å². The summed E-state index contributed by atoms with van der Waals surface area (Å²) in [7, 11) is 3.25. The van der Waals surface area contributed by atoms with E-state index in [-0.39, 0.29) is 5.91 Å². The number of carbonyl (C=O) groups is 1. The molecule has 0 atom stereocenters. The van der Waals surface area contributed by atoms with Gasteiger partial charge in [0.25, 0.3) is 0 Å². The molecule has 3 aromatic rings. The van der Waals surface area contributed by atoms with E-state index in [0.29, 0.717) is 43.0 Å². The van der Waals surface area contributed by atoms with Crippen LogP contribution >= 0.6 is 0 Å². The van der Waals surface area contributed by atoms with Gasteiger partial charge in [-0.25, -0.2) is 4.98 Å². The molecular weight excluding hydrogens is 480 g/mol. The van der Waals surface area contributed by atoms with Gasteiger partial charge in [0.2, 0.25) is 11.8 Å². The minimum absolute atomic E-state index is 0.000326. The quantitative estimate of drug-likeness (QED) is 0.404. The number of rotatable bonds is 11. The van der Waals surface area contributed by atoms with E-state index < -0.39 is 0 Å². The fourth-order valence-corrected chi connectivity index (χ4v) is 4.56. The minimum Gasteiger partial charge on any atom is -0.493 e. The zero-order valence-electron chi connectivity index (χ0n) is 22.8. The highest BCUT2D eigenvalue weighted by molar-refractivity contribution is 5.92. The van der Waals surface area contributed by atoms with Gasteiger partial charge in [-0.3, -0.25) is 14.6 Å². The summed E-state index contributed by atoms with van der Waals surface area (Å²) in [4.78, 5) is 22.0. The van der Waals surface area contributed by atoms with Crippen molar-refractivity contribution in [3.63, 3.8) is 0 Å². The predicted octanol–water partition coefficient (Wildman–Crippen LogP) is 4.35. The van der Waals surface area contributed by atoms with Gasteiger partial charge in [-0.15, -0.1) is 0 Å². The van der Waals surface area contributed by atoms with Gasteiger partial charge in [0.05, 0.1) is 33.1 Å². The Balaban J connectivity index is 1.31. The van der Waals surface area contributed by atoms with Crippen LogP contribution in [0.2, 0.25) is 0 Å². The summed E-state index contributed by atoms with van der Waals surface area (Å²) < 4.78 is 16.6. The first-order valence-corrected chi connectivity index (χ1v) is 13.1. The number of pyridine rings is 1. The summed E-state index contributed by atoms with van der Waals surface area (Å²) in [6.45, 7) is 9.13. The largest absolute Gasteiger partial charge is 0.493 e. The summed E-state index contributed by atoms with van der Waals surface area (Å²) >= 11 is 0. The number of ether oxygens (including phenoxy) is 3. The van der Waals surface area contributed by atoms with Gasteiger partial charge in [0.15, 0.2) is 11.5 Å². The summed E-state index contributed by atoms with van der Waals surface area (Å²) in [6.07, 6.45) is 0.709. The van der Waals surface area contributed by atoms with Crippen molar-refractivity contribution in [3.05, 3.63) is 66.2 Å². The van der Waals surface area contributed by atoms with Crippen LogP contribution in [-0.4, -0.2) is 80.3 Å². The Morgan fingerprint density at radius 3 is 2.45 bits per heavy atom. The van der Waals surface area contributed by atoms with Crippen LogP contribution in [0.5, 0.6) is 17.4 Å². The van der Waals surface area contributed by atoms with Crippen molar-refractivity contribution >= 4 is 11.6 Å². The number of nitrogens with one attached hydrogen (secondary N) is 1. The molecule has 1 N–H and O–H groups in total. The maximum atomic E-state index is 12.7. The van der Waals surface area contributed by atoms with Crippen molar-refractivity contribution in [1.82, 2.24) is 14.8 Å². The highest BCUT2D eigenvalue weighted by Gasteiger charge is 2.20. The van der Waals surface area contributed by atoms with Crippen LogP contribution in [0, 0.1) is 0 Å². The smallest absolute Gasteiger partial charge is 0.238 e. The number of nitrogens with zero attached hydrogens (tertiary/aromatic N) is 3. The van der Waals surface area contributed by atoms with E-state index in [1.165, 1.54) is 0 Å². The third-order valence-electron chi connectivity index (χ3n) is 6.76. The molecule has 1 aliphatic heterocycles. The van der Waals surface area contributed by atoms with Crippen LogP contribution in [0.25, 0.3) is 11.3 Å². The van der Waals surface area contributed by atoms with E-state index in [1.54, 1.807) is 14.2 Å². The molecule has 1 fully saturated rings. The summed E-state index contributed by atoms with van der Waals surface area (Å²) in [6, 6.07) is 19.9. The van der Waals surface area contributed by atoms with Gasteiger partial charge in [-0.2, -0.15) is 0 Å². The van der Waals surface area contributed by atoms with Crippen molar-refractivity contribution < 1.29 is 19.0 Å². The summed E-state index contributed by atoms with van der Waals surface area (Å²) in [5.41, 5.74) is 3.55. The van der Waals surface area contributed by atoms with Gasteiger partial charge in [0, 0.05) is 56.0 Å². The molecule has 1 aliphatic rings. The van der Waals surface area contributed by atoms with Crippen molar-refractivity contribution in [2.45, 2.75) is 26.3 Å². The second-order valence-electron chi connectivity index (χ2n) is 9.68. The number of aromatic nitrogens is 1. The third-order valence-corrected chi connectivity index (χ3v) is 6.76. The third kappa shape index (κ3) is 7.46. The Labute approximate surface area is 225 Å². The number of hydrogen-bond acceptors (Lipinski definition) is 7. The number of benzene rings is 2. The molecule has 1 amide bonds. The molecule has 0 saturated carbocycles.